The van der Waals surface area contributed by atoms with Gasteiger partial charge in [-0.15, -0.1) is 0 Å². The fourth-order valence-corrected chi connectivity index (χ4v) is 4.07. The molecule has 0 radical (unpaired) electrons. The lowest BCUT2D eigenvalue weighted by molar-refractivity contribution is 0.415. The number of benzene rings is 2. The second-order valence-corrected chi connectivity index (χ2v) is 8.05. The van der Waals surface area contributed by atoms with Crippen molar-refractivity contribution in [3.8, 4) is 11.4 Å². The van der Waals surface area contributed by atoms with Gasteiger partial charge in [0.2, 0.25) is 5.95 Å². The van der Waals surface area contributed by atoms with Gasteiger partial charge in [-0.05, 0) is 55.2 Å². The fraction of sp³-hybridized carbons (Fsp3) is 0.292. The van der Waals surface area contributed by atoms with Crippen molar-refractivity contribution in [3.05, 3.63) is 60.8 Å². The van der Waals surface area contributed by atoms with E-state index in [4.69, 9.17) is 14.7 Å². The molecule has 5 rings (SSSR count). The summed E-state index contributed by atoms with van der Waals surface area (Å²) >= 11 is 0. The zero-order valence-corrected chi connectivity index (χ0v) is 17.8. The molecule has 7 heteroatoms. The maximum Gasteiger partial charge on any atom is 0.229 e. The van der Waals surface area contributed by atoms with E-state index in [-0.39, 0.29) is 0 Å². The molecule has 2 aromatic carbocycles. The zero-order valence-electron chi connectivity index (χ0n) is 17.8. The first-order valence-corrected chi connectivity index (χ1v) is 10.7. The highest BCUT2D eigenvalue weighted by atomic mass is 16.5. The summed E-state index contributed by atoms with van der Waals surface area (Å²) in [5, 5.41) is 8.98. The second kappa shape index (κ2) is 8.26. The summed E-state index contributed by atoms with van der Waals surface area (Å²) in [5.74, 6) is 2.95. The van der Waals surface area contributed by atoms with Crippen molar-refractivity contribution in [2.75, 3.05) is 30.4 Å². The predicted molar refractivity (Wildman–Crippen MR) is 124 cm³/mol. The van der Waals surface area contributed by atoms with Gasteiger partial charge in [0.05, 0.1) is 24.4 Å². The van der Waals surface area contributed by atoms with Crippen molar-refractivity contribution in [2.24, 2.45) is 5.92 Å². The van der Waals surface area contributed by atoms with Crippen LogP contribution < -0.4 is 15.0 Å². The number of piperidine rings is 1. The normalized spacial score (nSPS) is 16.5. The summed E-state index contributed by atoms with van der Waals surface area (Å²) in [6.45, 7) is 4.22. The number of nitrogens with one attached hydrogen (secondary N) is 1. The fourth-order valence-electron chi connectivity index (χ4n) is 4.07. The van der Waals surface area contributed by atoms with Crippen LogP contribution in [0.25, 0.3) is 16.7 Å². The molecule has 1 saturated heterocycles. The molecule has 7 nitrogen and oxygen atoms in total. The first-order chi connectivity index (χ1) is 15.2. The molecule has 1 fully saturated rings. The van der Waals surface area contributed by atoms with Crippen LogP contribution in [0.15, 0.2) is 60.8 Å². The van der Waals surface area contributed by atoms with Gasteiger partial charge in [0.25, 0.3) is 0 Å². The van der Waals surface area contributed by atoms with Gasteiger partial charge in [0.15, 0.2) is 5.65 Å². The van der Waals surface area contributed by atoms with Crippen molar-refractivity contribution in [1.82, 2.24) is 19.7 Å². The van der Waals surface area contributed by atoms with E-state index in [9.17, 15) is 0 Å². The Balaban J connectivity index is 1.61. The Kier molecular flexibility index (Phi) is 5.16. The number of anilines is 3. The van der Waals surface area contributed by atoms with Gasteiger partial charge in [-0.25, -0.2) is 4.68 Å². The Bertz CT molecular complexity index is 1170. The van der Waals surface area contributed by atoms with E-state index >= 15 is 0 Å². The van der Waals surface area contributed by atoms with E-state index in [1.807, 2.05) is 65.5 Å². The highest BCUT2D eigenvalue weighted by Crippen LogP contribution is 2.30. The number of methoxy groups -OCH3 is 1. The Labute approximate surface area is 181 Å². The summed E-state index contributed by atoms with van der Waals surface area (Å²) in [6, 6.07) is 17.9. The summed E-state index contributed by atoms with van der Waals surface area (Å²) < 4.78 is 7.16. The van der Waals surface area contributed by atoms with Crippen molar-refractivity contribution >= 4 is 28.5 Å². The third-order valence-corrected chi connectivity index (χ3v) is 5.71. The largest absolute Gasteiger partial charge is 0.497 e. The van der Waals surface area contributed by atoms with E-state index < -0.39 is 0 Å². The summed E-state index contributed by atoms with van der Waals surface area (Å²) in [7, 11) is 1.67. The average Bonchev–Trinajstić information content (AvgIpc) is 3.24. The molecule has 158 valence electrons. The average molecular weight is 415 g/mol. The Morgan fingerprint density at radius 1 is 1.03 bits per heavy atom. The van der Waals surface area contributed by atoms with Crippen molar-refractivity contribution < 1.29 is 4.74 Å². The van der Waals surface area contributed by atoms with Crippen LogP contribution in [0, 0.1) is 5.92 Å². The van der Waals surface area contributed by atoms with E-state index in [0.29, 0.717) is 5.92 Å². The molecule has 0 amide bonds. The Morgan fingerprint density at radius 2 is 1.84 bits per heavy atom. The molecule has 1 aliphatic rings. The minimum Gasteiger partial charge on any atom is -0.497 e. The number of hydrogen-bond acceptors (Lipinski definition) is 6. The smallest absolute Gasteiger partial charge is 0.229 e. The number of ether oxygens (including phenoxy) is 1. The summed E-state index contributed by atoms with van der Waals surface area (Å²) in [6.07, 6.45) is 4.23. The first kappa shape index (κ1) is 19.4. The number of aromatic nitrogens is 4. The quantitative estimate of drug-likeness (QED) is 0.506. The molecule has 2 aromatic heterocycles. The van der Waals surface area contributed by atoms with E-state index in [0.717, 1.165) is 59.4 Å². The second-order valence-electron chi connectivity index (χ2n) is 8.05. The number of nitrogens with zero attached hydrogens (tertiary/aromatic N) is 5. The molecule has 0 aliphatic carbocycles. The molecule has 0 unspecified atom stereocenters. The monoisotopic (exact) mass is 414 g/mol. The molecule has 4 aromatic rings. The predicted octanol–water partition coefficient (Wildman–Crippen LogP) is 4.80. The molecule has 0 spiro atoms. The van der Waals surface area contributed by atoms with Gasteiger partial charge in [-0.3, -0.25) is 0 Å². The molecule has 3 heterocycles. The van der Waals surface area contributed by atoms with Crippen LogP contribution in [-0.2, 0) is 0 Å². The molecular formula is C24H26N6O. The van der Waals surface area contributed by atoms with Crippen molar-refractivity contribution in [2.45, 2.75) is 19.8 Å². The zero-order chi connectivity index (χ0) is 21.2. The molecule has 1 N–H and O–H groups in total. The van der Waals surface area contributed by atoms with E-state index in [1.54, 1.807) is 7.11 Å². The lowest BCUT2D eigenvalue weighted by atomic mass is 10.0. The van der Waals surface area contributed by atoms with Crippen LogP contribution in [-0.4, -0.2) is 39.9 Å². The maximum absolute atomic E-state index is 5.28. The molecule has 0 saturated carbocycles. The van der Waals surface area contributed by atoms with Gasteiger partial charge >= 0.3 is 0 Å². The number of fused-ring (bicyclic) bond motifs is 1. The standard InChI is InChI=1S/C24H26N6O/c1-17-7-6-14-29(16-17)24-27-22(26-18-10-12-20(31-2)13-11-18)21-15-25-30(23(21)28-24)19-8-4-3-5-9-19/h3-5,8-13,15,17H,6-7,14,16H2,1-2H3,(H,26,27,28)/t17-/m1/s1. The number of rotatable bonds is 5. The van der Waals surface area contributed by atoms with Gasteiger partial charge in [0, 0.05) is 18.8 Å². The number of para-hydroxylation sites is 1. The minimum absolute atomic E-state index is 0.630. The maximum atomic E-state index is 5.28. The third-order valence-electron chi connectivity index (χ3n) is 5.71. The molecule has 0 bridgehead atoms. The van der Waals surface area contributed by atoms with Crippen LogP contribution in [0.2, 0.25) is 0 Å². The van der Waals surface area contributed by atoms with Crippen LogP contribution >= 0.6 is 0 Å². The summed E-state index contributed by atoms with van der Waals surface area (Å²) in [5.41, 5.74) is 2.71. The Morgan fingerprint density at radius 3 is 2.58 bits per heavy atom. The molecular weight excluding hydrogens is 388 g/mol. The highest BCUT2D eigenvalue weighted by Gasteiger charge is 2.22. The van der Waals surface area contributed by atoms with Crippen LogP contribution in [0.1, 0.15) is 19.8 Å². The van der Waals surface area contributed by atoms with E-state index in [2.05, 4.69) is 22.2 Å². The third kappa shape index (κ3) is 3.91. The first-order valence-electron chi connectivity index (χ1n) is 10.7. The molecule has 31 heavy (non-hydrogen) atoms. The highest BCUT2D eigenvalue weighted by molar-refractivity contribution is 5.90. The van der Waals surface area contributed by atoms with E-state index in [1.165, 1.54) is 6.42 Å². The molecule has 1 atom stereocenters. The summed E-state index contributed by atoms with van der Waals surface area (Å²) in [4.78, 5) is 12.2. The lowest BCUT2D eigenvalue weighted by Gasteiger charge is -2.31. The van der Waals surface area contributed by atoms with Gasteiger partial charge < -0.3 is 15.0 Å². The van der Waals surface area contributed by atoms with Gasteiger partial charge in [-0.1, -0.05) is 25.1 Å². The molecule has 1 aliphatic heterocycles. The van der Waals surface area contributed by atoms with Crippen molar-refractivity contribution in [1.29, 1.82) is 0 Å². The van der Waals surface area contributed by atoms with Crippen LogP contribution in [0.3, 0.4) is 0 Å². The SMILES string of the molecule is COc1ccc(Nc2nc(N3CCC[C@@H](C)C3)nc3c2cnn3-c2ccccc2)cc1. The number of hydrogen-bond donors (Lipinski definition) is 1. The van der Waals surface area contributed by atoms with Crippen LogP contribution in [0.5, 0.6) is 5.75 Å². The van der Waals surface area contributed by atoms with Crippen LogP contribution in [0.4, 0.5) is 17.5 Å². The Hall–Kier alpha value is -3.61. The topological polar surface area (TPSA) is 68.1 Å². The van der Waals surface area contributed by atoms with Gasteiger partial charge in [0.1, 0.15) is 11.6 Å². The lowest BCUT2D eigenvalue weighted by Crippen LogP contribution is -2.35. The van der Waals surface area contributed by atoms with Gasteiger partial charge in [-0.2, -0.15) is 15.1 Å². The minimum atomic E-state index is 0.630. The van der Waals surface area contributed by atoms with Crippen molar-refractivity contribution in [3.63, 3.8) is 0 Å².